The summed E-state index contributed by atoms with van der Waals surface area (Å²) in [6.07, 6.45) is 0. The summed E-state index contributed by atoms with van der Waals surface area (Å²) in [7, 11) is 0. The first-order chi connectivity index (χ1) is 11.9. The molecule has 0 saturated carbocycles. The van der Waals surface area contributed by atoms with Crippen LogP contribution in [-0.2, 0) is 11.3 Å². The Morgan fingerprint density at radius 2 is 2.00 bits per heavy atom. The van der Waals surface area contributed by atoms with Gasteiger partial charge in [-0.2, -0.15) is 4.98 Å². The van der Waals surface area contributed by atoms with Gasteiger partial charge in [-0.1, -0.05) is 11.2 Å². The average molecular weight is 363 g/mol. The Kier molecular flexibility index (Phi) is 5.51. The second-order valence-electron chi connectivity index (χ2n) is 7.34. The highest BCUT2D eigenvalue weighted by Gasteiger charge is 2.22. The van der Waals surface area contributed by atoms with Crippen molar-refractivity contribution in [2.45, 2.75) is 32.9 Å². The highest BCUT2D eigenvalue weighted by Crippen LogP contribution is 2.21. The normalized spacial score (nSPS) is 16.9. The van der Waals surface area contributed by atoms with E-state index in [4.69, 9.17) is 4.52 Å². The summed E-state index contributed by atoms with van der Waals surface area (Å²) in [6, 6.07) is 3.96. The van der Waals surface area contributed by atoms with Gasteiger partial charge in [0.2, 0.25) is 17.6 Å². The maximum Gasteiger partial charge on any atom is 0.241 e. The Morgan fingerprint density at radius 1 is 1.28 bits per heavy atom. The van der Waals surface area contributed by atoms with Crippen LogP contribution in [0.15, 0.2) is 22.0 Å². The van der Waals surface area contributed by atoms with Crippen molar-refractivity contribution in [2.75, 3.05) is 32.7 Å². The number of piperazine rings is 1. The quantitative estimate of drug-likeness (QED) is 0.874. The van der Waals surface area contributed by atoms with Crippen molar-refractivity contribution in [2.24, 2.45) is 0 Å². The molecule has 0 atom stereocenters. The van der Waals surface area contributed by atoms with Gasteiger partial charge >= 0.3 is 0 Å². The molecule has 7 nitrogen and oxygen atoms in total. The van der Waals surface area contributed by atoms with Gasteiger partial charge < -0.3 is 9.84 Å². The van der Waals surface area contributed by atoms with Crippen LogP contribution in [0.4, 0.5) is 0 Å². The lowest BCUT2D eigenvalue weighted by atomic mass is 10.1. The van der Waals surface area contributed by atoms with E-state index in [-0.39, 0.29) is 11.4 Å². The third-order valence-electron chi connectivity index (χ3n) is 3.92. The lowest BCUT2D eigenvalue weighted by Gasteiger charge is -2.34. The van der Waals surface area contributed by atoms with E-state index >= 15 is 0 Å². The molecule has 1 fully saturated rings. The van der Waals surface area contributed by atoms with Gasteiger partial charge in [0.05, 0.1) is 18.0 Å². The van der Waals surface area contributed by atoms with E-state index in [9.17, 15) is 4.79 Å². The number of carbonyl (C=O) groups excluding carboxylic acids is 1. The molecular formula is C17H25N5O2S. The largest absolute Gasteiger partial charge is 0.350 e. The van der Waals surface area contributed by atoms with Gasteiger partial charge in [0.1, 0.15) is 0 Å². The summed E-state index contributed by atoms with van der Waals surface area (Å²) in [5, 5.41) is 9.05. The molecule has 0 unspecified atom stereocenters. The lowest BCUT2D eigenvalue weighted by Crippen LogP contribution is -2.51. The summed E-state index contributed by atoms with van der Waals surface area (Å²) >= 11 is 1.60. The van der Waals surface area contributed by atoms with Crippen molar-refractivity contribution in [3.8, 4) is 10.7 Å². The van der Waals surface area contributed by atoms with Crippen LogP contribution in [0.3, 0.4) is 0 Å². The third kappa shape index (κ3) is 5.35. The SMILES string of the molecule is CC(C)(C)NC(=O)CN1CCN(Cc2nc(-c3cccs3)no2)CC1. The Morgan fingerprint density at radius 3 is 2.64 bits per heavy atom. The van der Waals surface area contributed by atoms with E-state index in [0.717, 1.165) is 31.1 Å². The summed E-state index contributed by atoms with van der Waals surface area (Å²) in [4.78, 5) is 22.0. The molecule has 3 rings (SSSR count). The molecule has 1 N–H and O–H groups in total. The zero-order valence-electron chi connectivity index (χ0n) is 15.0. The molecule has 0 aromatic carbocycles. The van der Waals surface area contributed by atoms with Gasteiger partial charge in [-0.15, -0.1) is 11.3 Å². The first-order valence-corrected chi connectivity index (χ1v) is 9.39. The van der Waals surface area contributed by atoms with Crippen LogP contribution in [0.1, 0.15) is 26.7 Å². The number of hydrogen-bond donors (Lipinski definition) is 1. The number of nitrogens with zero attached hydrogens (tertiary/aromatic N) is 4. The molecule has 1 aliphatic rings. The van der Waals surface area contributed by atoms with Crippen molar-refractivity contribution in [1.82, 2.24) is 25.3 Å². The molecule has 0 spiro atoms. The zero-order valence-corrected chi connectivity index (χ0v) is 15.8. The minimum Gasteiger partial charge on any atom is -0.350 e. The zero-order chi connectivity index (χ0) is 17.9. The molecule has 0 radical (unpaired) electrons. The number of nitrogens with one attached hydrogen (secondary N) is 1. The molecule has 0 aliphatic carbocycles. The highest BCUT2D eigenvalue weighted by atomic mass is 32.1. The van der Waals surface area contributed by atoms with Crippen molar-refractivity contribution >= 4 is 17.2 Å². The fraction of sp³-hybridized carbons (Fsp3) is 0.588. The molecule has 8 heteroatoms. The summed E-state index contributed by atoms with van der Waals surface area (Å²) in [6.45, 7) is 10.6. The number of rotatable bonds is 5. The van der Waals surface area contributed by atoms with E-state index in [0.29, 0.717) is 24.8 Å². The number of hydrogen-bond acceptors (Lipinski definition) is 7. The van der Waals surface area contributed by atoms with Crippen LogP contribution in [0.2, 0.25) is 0 Å². The van der Waals surface area contributed by atoms with E-state index in [1.807, 2.05) is 38.3 Å². The van der Waals surface area contributed by atoms with Crippen LogP contribution in [0.25, 0.3) is 10.7 Å². The van der Waals surface area contributed by atoms with Crippen LogP contribution in [0.5, 0.6) is 0 Å². The first kappa shape index (κ1) is 18.0. The Labute approximate surface area is 152 Å². The standard InChI is InChI=1S/C17H25N5O2S/c1-17(2,3)19-14(23)11-21-6-8-22(9-7-21)12-15-18-16(20-24-15)13-5-4-10-25-13/h4-5,10H,6-9,11-12H2,1-3H3,(H,19,23). The van der Waals surface area contributed by atoms with Gasteiger partial charge in [-0.25, -0.2) is 0 Å². The molecule has 1 amide bonds. The average Bonchev–Trinajstić information content (AvgIpc) is 3.18. The van der Waals surface area contributed by atoms with Gasteiger partial charge in [-0.05, 0) is 32.2 Å². The topological polar surface area (TPSA) is 74.5 Å². The molecule has 1 aliphatic heterocycles. The molecule has 3 heterocycles. The van der Waals surface area contributed by atoms with Crippen LogP contribution in [-0.4, -0.2) is 64.1 Å². The van der Waals surface area contributed by atoms with Crippen LogP contribution < -0.4 is 5.32 Å². The summed E-state index contributed by atoms with van der Waals surface area (Å²) in [5.74, 6) is 1.38. The van der Waals surface area contributed by atoms with Crippen molar-refractivity contribution in [3.05, 3.63) is 23.4 Å². The number of aromatic nitrogens is 2. The Bertz CT molecular complexity index is 684. The minimum absolute atomic E-state index is 0.0819. The molecule has 2 aromatic heterocycles. The molecule has 1 saturated heterocycles. The smallest absolute Gasteiger partial charge is 0.241 e. The number of carbonyl (C=O) groups is 1. The minimum atomic E-state index is -0.183. The van der Waals surface area contributed by atoms with E-state index in [2.05, 4.69) is 25.3 Å². The fourth-order valence-corrected chi connectivity index (χ4v) is 3.43. The van der Waals surface area contributed by atoms with E-state index in [1.165, 1.54) is 0 Å². The summed E-state index contributed by atoms with van der Waals surface area (Å²) < 4.78 is 5.36. The lowest BCUT2D eigenvalue weighted by molar-refractivity contribution is -0.124. The predicted molar refractivity (Wildman–Crippen MR) is 97.2 cm³/mol. The van der Waals surface area contributed by atoms with Gasteiger partial charge in [0.15, 0.2) is 0 Å². The van der Waals surface area contributed by atoms with Crippen LogP contribution in [0, 0.1) is 0 Å². The van der Waals surface area contributed by atoms with E-state index in [1.54, 1.807) is 11.3 Å². The van der Waals surface area contributed by atoms with Gasteiger partial charge in [0, 0.05) is 31.7 Å². The van der Waals surface area contributed by atoms with Gasteiger partial charge in [-0.3, -0.25) is 14.6 Å². The number of amides is 1. The van der Waals surface area contributed by atoms with Crippen molar-refractivity contribution in [3.63, 3.8) is 0 Å². The maximum atomic E-state index is 12.0. The monoisotopic (exact) mass is 363 g/mol. The van der Waals surface area contributed by atoms with Crippen LogP contribution >= 0.6 is 11.3 Å². The molecule has 0 bridgehead atoms. The van der Waals surface area contributed by atoms with Crippen molar-refractivity contribution < 1.29 is 9.32 Å². The summed E-state index contributed by atoms with van der Waals surface area (Å²) in [5.41, 5.74) is -0.183. The molecular weight excluding hydrogens is 338 g/mol. The molecule has 25 heavy (non-hydrogen) atoms. The molecule has 136 valence electrons. The Hall–Kier alpha value is -1.77. The van der Waals surface area contributed by atoms with Gasteiger partial charge in [0.25, 0.3) is 0 Å². The third-order valence-corrected chi connectivity index (χ3v) is 4.78. The maximum absolute atomic E-state index is 12.0. The van der Waals surface area contributed by atoms with E-state index < -0.39 is 0 Å². The Balaban J connectivity index is 1.44. The van der Waals surface area contributed by atoms with Crippen molar-refractivity contribution in [1.29, 1.82) is 0 Å². The highest BCUT2D eigenvalue weighted by molar-refractivity contribution is 7.13. The molecule has 2 aromatic rings. The fourth-order valence-electron chi connectivity index (χ4n) is 2.78. The predicted octanol–water partition coefficient (Wildman–Crippen LogP) is 1.83. The number of thiophene rings is 1. The first-order valence-electron chi connectivity index (χ1n) is 8.51. The second-order valence-corrected chi connectivity index (χ2v) is 8.29. The second kappa shape index (κ2) is 7.63.